The van der Waals surface area contributed by atoms with Crippen molar-refractivity contribution >= 4 is 5.91 Å². The largest absolute Gasteiger partial charge is 0.387 e. The molecule has 0 heterocycles. The zero-order valence-electron chi connectivity index (χ0n) is 9.44. The van der Waals surface area contributed by atoms with Crippen LogP contribution in [0.2, 0.25) is 0 Å². The van der Waals surface area contributed by atoms with E-state index in [2.05, 4.69) is 5.32 Å². The lowest BCUT2D eigenvalue weighted by Gasteiger charge is -2.12. The molecule has 4 heteroatoms. The van der Waals surface area contributed by atoms with E-state index in [1.165, 1.54) is 0 Å². The number of nitrogens with two attached hydrogens (primary N) is 1. The van der Waals surface area contributed by atoms with Gasteiger partial charge in [0.15, 0.2) is 0 Å². The van der Waals surface area contributed by atoms with Gasteiger partial charge in [-0.05, 0) is 12.5 Å². The smallest absolute Gasteiger partial charge is 0.221 e. The number of rotatable bonds is 5. The summed E-state index contributed by atoms with van der Waals surface area (Å²) < 4.78 is 0. The maximum atomic E-state index is 11.1. The van der Waals surface area contributed by atoms with Crippen LogP contribution in [0.4, 0.5) is 0 Å². The minimum Gasteiger partial charge on any atom is -0.387 e. The molecule has 0 aromatic heterocycles. The van der Waals surface area contributed by atoms with Crippen LogP contribution in [0.25, 0.3) is 0 Å². The van der Waals surface area contributed by atoms with Crippen molar-refractivity contribution in [3.05, 3.63) is 35.4 Å². The number of nitrogens with one attached hydrogen (secondary N) is 1. The van der Waals surface area contributed by atoms with Gasteiger partial charge in [0.1, 0.15) is 0 Å². The van der Waals surface area contributed by atoms with Crippen molar-refractivity contribution < 1.29 is 9.90 Å². The molecule has 1 amide bonds. The predicted molar refractivity (Wildman–Crippen MR) is 62.8 cm³/mol. The summed E-state index contributed by atoms with van der Waals surface area (Å²) >= 11 is 0. The molecule has 1 aromatic rings. The Labute approximate surface area is 95.5 Å². The zero-order valence-corrected chi connectivity index (χ0v) is 9.44. The lowest BCUT2D eigenvalue weighted by Crippen LogP contribution is -2.29. The number of carbonyl (C=O) groups excluding carboxylic acids is 1. The highest BCUT2D eigenvalue weighted by molar-refractivity contribution is 5.76. The first kappa shape index (κ1) is 12.7. The molecule has 0 aliphatic heterocycles. The second-order valence-electron chi connectivity index (χ2n) is 3.77. The summed E-state index contributed by atoms with van der Waals surface area (Å²) in [4.78, 5) is 11.1. The van der Waals surface area contributed by atoms with Crippen LogP contribution in [0.1, 0.15) is 23.7 Å². The van der Waals surface area contributed by atoms with Gasteiger partial charge in [-0.3, -0.25) is 4.79 Å². The maximum absolute atomic E-state index is 11.1. The van der Waals surface area contributed by atoms with E-state index in [1.807, 2.05) is 31.2 Å². The Kier molecular flexibility index (Phi) is 4.95. The quantitative estimate of drug-likeness (QED) is 0.679. The second kappa shape index (κ2) is 6.25. The minimum absolute atomic E-state index is 0.131. The molecule has 1 rings (SSSR count). The molecule has 0 saturated carbocycles. The standard InChI is InChI=1S/C12H18N2O2/c1-9-2-4-10(5-3-9)11(15)8-14-12(16)6-7-13/h2-5,11,15H,6-8,13H2,1H3,(H,14,16). The van der Waals surface area contributed by atoms with Crippen LogP contribution in [0, 0.1) is 6.92 Å². The summed E-state index contributed by atoms with van der Waals surface area (Å²) in [6.45, 7) is 2.54. The van der Waals surface area contributed by atoms with Gasteiger partial charge in [0.2, 0.25) is 5.91 Å². The summed E-state index contributed by atoms with van der Waals surface area (Å²) in [6.07, 6.45) is -0.372. The fourth-order valence-corrected chi connectivity index (χ4v) is 1.34. The van der Waals surface area contributed by atoms with Gasteiger partial charge < -0.3 is 16.2 Å². The monoisotopic (exact) mass is 222 g/mol. The van der Waals surface area contributed by atoms with Crippen LogP contribution in [0.5, 0.6) is 0 Å². The Hall–Kier alpha value is -1.39. The normalized spacial score (nSPS) is 12.2. The van der Waals surface area contributed by atoms with Gasteiger partial charge in [0, 0.05) is 19.5 Å². The molecule has 0 spiro atoms. The molecule has 4 N–H and O–H groups in total. The van der Waals surface area contributed by atoms with Crippen molar-refractivity contribution in [1.82, 2.24) is 5.32 Å². The zero-order chi connectivity index (χ0) is 12.0. The van der Waals surface area contributed by atoms with Gasteiger partial charge >= 0.3 is 0 Å². The van der Waals surface area contributed by atoms with Gasteiger partial charge in [-0.15, -0.1) is 0 Å². The van der Waals surface area contributed by atoms with Crippen LogP contribution in [-0.2, 0) is 4.79 Å². The Morgan fingerprint density at radius 1 is 1.44 bits per heavy atom. The average molecular weight is 222 g/mol. The first-order chi connectivity index (χ1) is 7.63. The highest BCUT2D eigenvalue weighted by Crippen LogP contribution is 2.12. The summed E-state index contributed by atoms with van der Waals surface area (Å²) in [5.74, 6) is -0.131. The molecule has 1 unspecified atom stereocenters. The summed E-state index contributed by atoms with van der Waals surface area (Å²) in [7, 11) is 0. The van der Waals surface area contributed by atoms with Crippen molar-refractivity contribution in [2.75, 3.05) is 13.1 Å². The summed E-state index contributed by atoms with van der Waals surface area (Å²) in [5, 5.41) is 12.4. The molecule has 4 nitrogen and oxygen atoms in total. The third-order valence-corrected chi connectivity index (χ3v) is 2.33. The number of hydrogen-bond donors (Lipinski definition) is 3. The van der Waals surface area contributed by atoms with Crippen molar-refractivity contribution in [3.8, 4) is 0 Å². The highest BCUT2D eigenvalue weighted by Gasteiger charge is 2.08. The first-order valence-corrected chi connectivity index (χ1v) is 5.35. The topological polar surface area (TPSA) is 75.3 Å². The van der Waals surface area contributed by atoms with Gasteiger partial charge in [0.05, 0.1) is 6.10 Å². The second-order valence-corrected chi connectivity index (χ2v) is 3.77. The predicted octanol–water partition coefficient (Wildman–Crippen LogP) is 0.493. The van der Waals surface area contributed by atoms with E-state index in [0.717, 1.165) is 11.1 Å². The number of carbonyl (C=O) groups is 1. The van der Waals surface area contributed by atoms with E-state index >= 15 is 0 Å². The van der Waals surface area contributed by atoms with Crippen LogP contribution in [-0.4, -0.2) is 24.1 Å². The SMILES string of the molecule is Cc1ccc(C(O)CNC(=O)CCN)cc1. The van der Waals surface area contributed by atoms with E-state index in [1.54, 1.807) is 0 Å². The summed E-state index contributed by atoms with van der Waals surface area (Å²) in [6, 6.07) is 7.57. The third-order valence-electron chi connectivity index (χ3n) is 2.33. The number of amides is 1. The van der Waals surface area contributed by atoms with Crippen LogP contribution >= 0.6 is 0 Å². The number of aliphatic hydroxyl groups is 1. The fourth-order valence-electron chi connectivity index (χ4n) is 1.34. The lowest BCUT2D eigenvalue weighted by atomic mass is 10.1. The Bertz CT molecular complexity index is 335. The van der Waals surface area contributed by atoms with E-state index in [-0.39, 0.29) is 12.5 Å². The molecular formula is C12H18N2O2. The van der Waals surface area contributed by atoms with Crippen LogP contribution in [0.3, 0.4) is 0 Å². The van der Waals surface area contributed by atoms with Crippen molar-refractivity contribution in [1.29, 1.82) is 0 Å². The molecule has 0 radical (unpaired) electrons. The average Bonchev–Trinajstić information content (AvgIpc) is 2.27. The first-order valence-electron chi connectivity index (χ1n) is 5.35. The fraction of sp³-hybridized carbons (Fsp3) is 0.417. The minimum atomic E-state index is -0.665. The van der Waals surface area contributed by atoms with E-state index < -0.39 is 6.10 Å². The summed E-state index contributed by atoms with van der Waals surface area (Å²) in [5.41, 5.74) is 7.19. The Morgan fingerprint density at radius 3 is 2.62 bits per heavy atom. The van der Waals surface area contributed by atoms with Gasteiger partial charge in [-0.1, -0.05) is 29.8 Å². The van der Waals surface area contributed by atoms with Crippen molar-refractivity contribution in [2.45, 2.75) is 19.4 Å². The third kappa shape index (κ3) is 4.00. The van der Waals surface area contributed by atoms with Gasteiger partial charge in [-0.2, -0.15) is 0 Å². The van der Waals surface area contributed by atoms with Gasteiger partial charge in [0.25, 0.3) is 0 Å². The van der Waals surface area contributed by atoms with Crippen LogP contribution < -0.4 is 11.1 Å². The van der Waals surface area contributed by atoms with E-state index in [4.69, 9.17) is 5.73 Å². The molecular weight excluding hydrogens is 204 g/mol. The Morgan fingerprint density at radius 2 is 2.06 bits per heavy atom. The molecule has 0 fully saturated rings. The van der Waals surface area contributed by atoms with E-state index in [9.17, 15) is 9.90 Å². The molecule has 0 aliphatic rings. The molecule has 0 aliphatic carbocycles. The molecule has 1 atom stereocenters. The van der Waals surface area contributed by atoms with Crippen LogP contribution in [0.15, 0.2) is 24.3 Å². The number of aliphatic hydroxyl groups excluding tert-OH is 1. The molecule has 0 saturated heterocycles. The van der Waals surface area contributed by atoms with Crippen molar-refractivity contribution in [3.63, 3.8) is 0 Å². The molecule has 0 bridgehead atoms. The van der Waals surface area contributed by atoms with Crippen molar-refractivity contribution in [2.24, 2.45) is 5.73 Å². The number of hydrogen-bond acceptors (Lipinski definition) is 3. The van der Waals surface area contributed by atoms with E-state index in [0.29, 0.717) is 13.0 Å². The number of aryl methyl sites for hydroxylation is 1. The lowest BCUT2D eigenvalue weighted by molar-refractivity contribution is -0.121. The Balaban J connectivity index is 2.43. The highest BCUT2D eigenvalue weighted by atomic mass is 16.3. The number of benzene rings is 1. The molecule has 16 heavy (non-hydrogen) atoms. The van der Waals surface area contributed by atoms with Gasteiger partial charge in [-0.25, -0.2) is 0 Å². The molecule has 88 valence electrons. The molecule has 1 aromatic carbocycles. The maximum Gasteiger partial charge on any atom is 0.221 e.